The molecule has 2 aromatic rings. The van der Waals surface area contributed by atoms with Gasteiger partial charge in [-0.2, -0.15) is 0 Å². The van der Waals surface area contributed by atoms with Crippen LogP contribution in [0.3, 0.4) is 0 Å². The van der Waals surface area contributed by atoms with Crippen molar-refractivity contribution in [1.82, 2.24) is 0 Å². The Morgan fingerprint density at radius 1 is 1.00 bits per heavy atom. The predicted molar refractivity (Wildman–Crippen MR) is 58.8 cm³/mol. The van der Waals surface area contributed by atoms with Crippen molar-refractivity contribution in [3.05, 3.63) is 65.5 Å². The van der Waals surface area contributed by atoms with Gasteiger partial charge < -0.3 is 5.73 Å². The molecule has 0 aromatic heterocycles. The van der Waals surface area contributed by atoms with Crippen LogP contribution in [0.2, 0.25) is 0 Å². The van der Waals surface area contributed by atoms with E-state index in [0.717, 1.165) is 0 Å². The van der Waals surface area contributed by atoms with Gasteiger partial charge in [-0.1, -0.05) is 12.1 Å². The summed E-state index contributed by atoms with van der Waals surface area (Å²) in [6, 6.07) is 12.6. The van der Waals surface area contributed by atoms with Crippen LogP contribution in [-0.2, 0) is 0 Å². The third-order valence-corrected chi connectivity index (χ3v) is 2.37. The summed E-state index contributed by atoms with van der Waals surface area (Å²) in [5.41, 5.74) is 5.49. The summed E-state index contributed by atoms with van der Waals surface area (Å²) in [5.74, 6) is -0.481. The zero-order valence-electron chi connectivity index (χ0n) is 8.61. The lowest BCUT2D eigenvalue weighted by Gasteiger charge is -2.01. The van der Waals surface area contributed by atoms with Crippen LogP contribution in [0.5, 0.6) is 0 Å². The minimum atomic E-state index is -0.348. The van der Waals surface area contributed by atoms with Crippen molar-refractivity contribution < 1.29 is 14.9 Å². The Balaban J connectivity index is 2.40. The highest BCUT2D eigenvalue weighted by Crippen LogP contribution is 2.15. The number of ketones is 1. The van der Waals surface area contributed by atoms with Gasteiger partial charge in [-0.3, -0.25) is 4.79 Å². The van der Waals surface area contributed by atoms with Crippen LogP contribution in [-0.4, -0.2) is 5.78 Å². The van der Waals surface area contributed by atoms with E-state index in [1.807, 2.05) is 6.07 Å². The van der Waals surface area contributed by atoms with Crippen LogP contribution in [0, 0.1) is 5.82 Å². The monoisotopic (exact) mass is 216 g/mol. The Morgan fingerprint density at radius 2 is 1.62 bits per heavy atom. The standard InChI is InChI=1S/C13H10FNO/c14-10-7-5-9(6-8-10)13(16)11-3-1-2-4-12(11)15/h1-8H,15H2/p+1. The van der Waals surface area contributed by atoms with Gasteiger partial charge in [0.2, 0.25) is 0 Å². The van der Waals surface area contributed by atoms with Gasteiger partial charge in [0, 0.05) is 5.56 Å². The molecule has 2 rings (SSSR count). The van der Waals surface area contributed by atoms with Crippen molar-refractivity contribution >= 4 is 11.5 Å². The number of carbonyl (C=O) groups is 1. The van der Waals surface area contributed by atoms with Crippen molar-refractivity contribution in [1.29, 1.82) is 0 Å². The Labute approximate surface area is 92.5 Å². The third kappa shape index (κ3) is 1.99. The number of hydrogen-bond donors (Lipinski definition) is 1. The largest absolute Gasteiger partial charge is 0.325 e. The highest BCUT2D eigenvalue weighted by atomic mass is 19.1. The highest BCUT2D eigenvalue weighted by molar-refractivity contribution is 6.11. The first-order valence-electron chi connectivity index (χ1n) is 4.90. The number of hydrogen-bond acceptors (Lipinski definition) is 1. The second-order valence-electron chi connectivity index (χ2n) is 3.49. The van der Waals surface area contributed by atoms with Gasteiger partial charge in [-0.05, 0) is 36.4 Å². The van der Waals surface area contributed by atoms with Crippen molar-refractivity contribution in [2.45, 2.75) is 0 Å². The van der Waals surface area contributed by atoms with Crippen LogP contribution in [0.4, 0.5) is 10.1 Å². The first-order valence-corrected chi connectivity index (χ1v) is 4.90. The van der Waals surface area contributed by atoms with E-state index in [1.165, 1.54) is 24.3 Å². The van der Waals surface area contributed by atoms with Gasteiger partial charge in [0.25, 0.3) is 0 Å². The summed E-state index contributed by atoms with van der Waals surface area (Å²) in [7, 11) is 0. The average molecular weight is 216 g/mol. The second kappa shape index (κ2) is 4.24. The van der Waals surface area contributed by atoms with E-state index in [9.17, 15) is 9.18 Å². The van der Waals surface area contributed by atoms with E-state index in [4.69, 9.17) is 0 Å². The van der Waals surface area contributed by atoms with Crippen LogP contribution >= 0.6 is 0 Å². The summed E-state index contributed by atoms with van der Waals surface area (Å²) in [6.45, 7) is 0. The number of benzene rings is 2. The van der Waals surface area contributed by atoms with Gasteiger partial charge in [0.15, 0.2) is 5.78 Å². The van der Waals surface area contributed by atoms with Gasteiger partial charge in [-0.25, -0.2) is 4.39 Å². The van der Waals surface area contributed by atoms with Gasteiger partial charge in [-0.15, -0.1) is 0 Å². The van der Waals surface area contributed by atoms with Crippen LogP contribution < -0.4 is 5.73 Å². The fraction of sp³-hybridized carbons (Fsp3) is 0. The molecule has 0 fully saturated rings. The number of rotatable bonds is 2. The summed E-state index contributed by atoms with van der Waals surface area (Å²) < 4.78 is 12.7. The lowest BCUT2D eigenvalue weighted by atomic mass is 10.0. The lowest BCUT2D eigenvalue weighted by Crippen LogP contribution is -2.42. The molecular formula is C13H11FNO+. The Hall–Kier alpha value is -2.00. The third-order valence-electron chi connectivity index (χ3n) is 2.37. The molecule has 0 bridgehead atoms. The topological polar surface area (TPSA) is 44.7 Å². The van der Waals surface area contributed by atoms with Crippen molar-refractivity contribution in [3.63, 3.8) is 0 Å². The van der Waals surface area contributed by atoms with E-state index in [1.54, 1.807) is 18.2 Å². The minimum absolute atomic E-state index is 0.134. The van der Waals surface area contributed by atoms with Crippen molar-refractivity contribution in [3.8, 4) is 0 Å². The molecule has 80 valence electrons. The molecular weight excluding hydrogens is 205 g/mol. The Bertz CT molecular complexity index is 520. The van der Waals surface area contributed by atoms with Crippen LogP contribution in [0.15, 0.2) is 48.5 Å². The fourth-order valence-corrected chi connectivity index (χ4v) is 1.50. The molecule has 16 heavy (non-hydrogen) atoms. The average Bonchev–Trinajstić information content (AvgIpc) is 2.30. The Kier molecular flexibility index (Phi) is 2.79. The highest BCUT2D eigenvalue weighted by Gasteiger charge is 2.13. The fourth-order valence-electron chi connectivity index (χ4n) is 1.50. The smallest absolute Gasteiger partial charge is 0.199 e. The van der Waals surface area contributed by atoms with Gasteiger partial charge >= 0.3 is 0 Å². The van der Waals surface area contributed by atoms with E-state index < -0.39 is 0 Å². The first kappa shape index (κ1) is 10.5. The molecule has 0 unspecified atom stereocenters. The molecule has 0 radical (unpaired) electrons. The van der Waals surface area contributed by atoms with Crippen LogP contribution in [0.1, 0.15) is 15.9 Å². The quantitative estimate of drug-likeness (QED) is 0.766. The van der Waals surface area contributed by atoms with E-state index in [2.05, 4.69) is 5.73 Å². The molecule has 2 aromatic carbocycles. The summed E-state index contributed by atoms with van der Waals surface area (Å²) in [5, 5.41) is 0. The molecule has 0 atom stereocenters. The van der Waals surface area contributed by atoms with E-state index >= 15 is 0 Å². The summed E-state index contributed by atoms with van der Waals surface area (Å²) in [6.07, 6.45) is 0. The number of quaternary nitrogens is 1. The van der Waals surface area contributed by atoms with Crippen LogP contribution in [0.25, 0.3) is 0 Å². The summed E-state index contributed by atoms with van der Waals surface area (Å²) in [4.78, 5) is 12.0. The van der Waals surface area contributed by atoms with Gasteiger partial charge in [0.1, 0.15) is 11.5 Å². The molecule has 0 heterocycles. The maximum Gasteiger partial charge on any atom is 0.199 e. The summed E-state index contributed by atoms with van der Waals surface area (Å²) >= 11 is 0. The molecule has 0 spiro atoms. The maximum absolute atomic E-state index is 12.7. The SMILES string of the molecule is [NH3+]c1ccccc1C(=O)c1ccc(F)cc1. The van der Waals surface area contributed by atoms with E-state index in [-0.39, 0.29) is 11.6 Å². The Morgan fingerprint density at radius 3 is 2.25 bits per heavy atom. The molecule has 0 aliphatic carbocycles. The number of carbonyl (C=O) groups excluding carboxylic acids is 1. The second-order valence-corrected chi connectivity index (χ2v) is 3.49. The van der Waals surface area contributed by atoms with Crippen molar-refractivity contribution in [2.24, 2.45) is 0 Å². The van der Waals surface area contributed by atoms with E-state index in [0.29, 0.717) is 16.8 Å². The van der Waals surface area contributed by atoms with Gasteiger partial charge in [0.05, 0.1) is 5.56 Å². The molecule has 0 saturated carbocycles. The lowest BCUT2D eigenvalue weighted by molar-refractivity contribution is -0.255. The minimum Gasteiger partial charge on any atom is -0.325 e. The maximum atomic E-state index is 12.7. The normalized spacial score (nSPS) is 10.1. The molecule has 0 aliphatic heterocycles. The molecule has 3 heteroatoms. The predicted octanol–water partition coefficient (Wildman–Crippen LogP) is 1.93. The zero-order valence-corrected chi connectivity index (χ0v) is 8.61. The molecule has 0 aliphatic rings. The molecule has 0 amide bonds. The molecule has 2 nitrogen and oxygen atoms in total. The zero-order chi connectivity index (χ0) is 11.5. The molecule has 3 N–H and O–H groups in total. The first-order chi connectivity index (χ1) is 7.68. The van der Waals surface area contributed by atoms with Crippen molar-refractivity contribution in [2.75, 3.05) is 0 Å². The molecule has 0 saturated heterocycles. The number of halogens is 1.